The van der Waals surface area contributed by atoms with Crippen molar-refractivity contribution in [3.8, 4) is 0 Å². The lowest BCUT2D eigenvalue weighted by Gasteiger charge is -2.38. The van der Waals surface area contributed by atoms with Crippen LogP contribution >= 0.6 is 0 Å². The number of nitrogens with zero attached hydrogens (tertiary/aromatic N) is 1. The molecule has 0 atom stereocenters. The van der Waals surface area contributed by atoms with Gasteiger partial charge < -0.3 is 20.6 Å². The van der Waals surface area contributed by atoms with Crippen molar-refractivity contribution in [1.29, 1.82) is 0 Å². The number of hydrogen-bond acceptors (Lipinski definition) is 3. The van der Waals surface area contributed by atoms with Gasteiger partial charge in [-0.15, -0.1) is 0 Å². The summed E-state index contributed by atoms with van der Waals surface area (Å²) >= 11 is 0. The van der Waals surface area contributed by atoms with Crippen molar-refractivity contribution in [2.24, 2.45) is 0 Å². The number of rotatable bonds is 3. The van der Waals surface area contributed by atoms with Crippen molar-refractivity contribution >= 4 is 12.0 Å². The van der Waals surface area contributed by atoms with Crippen LogP contribution in [0.4, 0.5) is 4.79 Å². The number of urea groups is 1. The van der Waals surface area contributed by atoms with E-state index in [2.05, 4.69) is 10.6 Å². The van der Waals surface area contributed by atoms with E-state index in [0.29, 0.717) is 12.8 Å². The molecule has 0 spiro atoms. The monoisotopic (exact) mass is 283 g/mol. The van der Waals surface area contributed by atoms with E-state index in [9.17, 15) is 14.7 Å². The van der Waals surface area contributed by atoms with Crippen LogP contribution in [0, 0.1) is 0 Å². The number of hydrogen-bond donors (Lipinski definition) is 3. The van der Waals surface area contributed by atoms with Gasteiger partial charge in [-0.3, -0.25) is 0 Å². The van der Waals surface area contributed by atoms with Gasteiger partial charge in [0.05, 0.1) is 0 Å². The molecule has 3 N–H and O–H groups in total. The highest BCUT2D eigenvalue weighted by Crippen LogP contribution is 2.29. The Morgan fingerprint density at radius 2 is 1.80 bits per heavy atom. The molecule has 6 nitrogen and oxygen atoms in total. The second-order valence-corrected chi connectivity index (χ2v) is 5.97. The van der Waals surface area contributed by atoms with Gasteiger partial charge in [0, 0.05) is 13.1 Å². The Balaban J connectivity index is 1.98. The normalized spacial score (nSPS) is 23.1. The molecule has 20 heavy (non-hydrogen) atoms. The third-order valence-corrected chi connectivity index (χ3v) is 4.64. The Kier molecular flexibility index (Phi) is 4.86. The molecular weight excluding hydrogens is 258 g/mol. The first-order valence-electron chi connectivity index (χ1n) is 7.54. The maximum Gasteiger partial charge on any atom is 0.329 e. The third-order valence-electron chi connectivity index (χ3n) is 4.64. The van der Waals surface area contributed by atoms with E-state index in [0.717, 1.165) is 45.2 Å². The number of carboxylic acid groups (broad SMARTS) is 1. The summed E-state index contributed by atoms with van der Waals surface area (Å²) in [5, 5.41) is 15.5. The molecular formula is C14H25N3O3. The summed E-state index contributed by atoms with van der Waals surface area (Å²) in [6.45, 7) is 1.82. The molecule has 1 aliphatic heterocycles. The van der Waals surface area contributed by atoms with Crippen molar-refractivity contribution in [3.63, 3.8) is 0 Å². The standard InChI is InChI=1S/C14H25N3O3/c1-17(11-5-9-15-10-6-11)13(20)16-14(12(18)19)7-3-2-4-8-14/h11,15H,2-10H2,1H3,(H,16,20)(H,18,19). The van der Waals surface area contributed by atoms with Crippen molar-refractivity contribution < 1.29 is 14.7 Å². The highest BCUT2D eigenvalue weighted by atomic mass is 16.4. The Hall–Kier alpha value is -1.30. The fourth-order valence-corrected chi connectivity index (χ4v) is 3.20. The summed E-state index contributed by atoms with van der Waals surface area (Å²) in [5.41, 5.74) is -1.06. The van der Waals surface area contributed by atoms with Crippen LogP contribution in [0.3, 0.4) is 0 Å². The van der Waals surface area contributed by atoms with E-state index < -0.39 is 11.5 Å². The molecule has 0 aromatic rings. The molecule has 0 radical (unpaired) electrons. The lowest BCUT2D eigenvalue weighted by atomic mass is 9.82. The van der Waals surface area contributed by atoms with E-state index in [1.54, 1.807) is 11.9 Å². The van der Waals surface area contributed by atoms with E-state index in [1.807, 2.05) is 0 Å². The number of carboxylic acids is 1. The van der Waals surface area contributed by atoms with Gasteiger partial charge >= 0.3 is 12.0 Å². The maximum atomic E-state index is 12.4. The fourth-order valence-electron chi connectivity index (χ4n) is 3.20. The number of nitrogens with one attached hydrogen (secondary N) is 2. The van der Waals surface area contributed by atoms with E-state index in [1.165, 1.54) is 0 Å². The second kappa shape index (κ2) is 6.43. The van der Waals surface area contributed by atoms with Crippen molar-refractivity contribution in [2.45, 2.75) is 56.5 Å². The van der Waals surface area contributed by atoms with E-state index in [4.69, 9.17) is 0 Å². The fraction of sp³-hybridized carbons (Fsp3) is 0.857. The number of carbonyl (C=O) groups is 2. The van der Waals surface area contributed by atoms with E-state index in [-0.39, 0.29) is 12.1 Å². The number of amides is 2. The van der Waals surface area contributed by atoms with Crippen LogP contribution in [0.2, 0.25) is 0 Å². The Bertz CT molecular complexity index is 361. The highest BCUT2D eigenvalue weighted by molar-refractivity contribution is 5.86. The minimum atomic E-state index is -1.06. The lowest BCUT2D eigenvalue weighted by molar-refractivity contribution is -0.146. The highest BCUT2D eigenvalue weighted by Gasteiger charge is 2.42. The van der Waals surface area contributed by atoms with Gasteiger partial charge in [0.25, 0.3) is 0 Å². The molecule has 1 saturated carbocycles. The molecule has 0 bridgehead atoms. The molecule has 2 amide bonds. The first-order chi connectivity index (χ1) is 9.55. The smallest absolute Gasteiger partial charge is 0.329 e. The Labute approximate surface area is 119 Å². The molecule has 2 aliphatic rings. The van der Waals surface area contributed by atoms with Gasteiger partial charge in [0.1, 0.15) is 5.54 Å². The lowest BCUT2D eigenvalue weighted by Crippen LogP contribution is -2.60. The van der Waals surface area contributed by atoms with Gasteiger partial charge in [0.2, 0.25) is 0 Å². The van der Waals surface area contributed by atoms with Crippen LogP contribution in [0.5, 0.6) is 0 Å². The molecule has 2 rings (SSSR count). The summed E-state index contributed by atoms with van der Waals surface area (Å²) in [4.78, 5) is 25.6. The molecule has 0 unspecified atom stereocenters. The Morgan fingerprint density at radius 1 is 1.20 bits per heavy atom. The zero-order valence-electron chi connectivity index (χ0n) is 12.2. The SMILES string of the molecule is CN(C(=O)NC1(C(=O)O)CCCCC1)C1CCNCC1. The number of piperidine rings is 1. The maximum absolute atomic E-state index is 12.4. The molecule has 114 valence electrons. The van der Waals surface area contributed by atoms with Gasteiger partial charge in [-0.25, -0.2) is 9.59 Å². The molecule has 1 aliphatic carbocycles. The largest absolute Gasteiger partial charge is 0.480 e. The van der Waals surface area contributed by atoms with Gasteiger partial charge in [0.15, 0.2) is 0 Å². The predicted molar refractivity (Wildman–Crippen MR) is 75.6 cm³/mol. The molecule has 6 heteroatoms. The van der Waals surface area contributed by atoms with Crippen LogP contribution in [-0.4, -0.2) is 53.7 Å². The van der Waals surface area contributed by atoms with Crippen LogP contribution in [0.1, 0.15) is 44.9 Å². The molecule has 2 fully saturated rings. The van der Waals surface area contributed by atoms with Gasteiger partial charge in [-0.1, -0.05) is 19.3 Å². The van der Waals surface area contributed by atoms with Crippen molar-refractivity contribution in [3.05, 3.63) is 0 Å². The molecule has 0 aromatic carbocycles. The Morgan fingerprint density at radius 3 is 2.35 bits per heavy atom. The summed E-state index contributed by atoms with van der Waals surface area (Å²) in [7, 11) is 1.77. The average molecular weight is 283 g/mol. The summed E-state index contributed by atoms with van der Waals surface area (Å²) in [6.07, 6.45) is 5.69. The summed E-state index contributed by atoms with van der Waals surface area (Å²) < 4.78 is 0. The minimum Gasteiger partial charge on any atom is -0.480 e. The first-order valence-corrected chi connectivity index (χ1v) is 7.54. The van der Waals surface area contributed by atoms with Crippen LogP contribution < -0.4 is 10.6 Å². The van der Waals surface area contributed by atoms with Gasteiger partial charge in [-0.2, -0.15) is 0 Å². The first kappa shape index (κ1) is 15.1. The molecule has 0 aromatic heterocycles. The second-order valence-electron chi connectivity index (χ2n) is 5.97. The van der Waals surface area contributed by atoms with Crippen LogP contribution in [0.25, 0.3) is 0 Å². The van der Waals surface area contributed by atoms with Crippen molar-refractivity contribution in [1.82, 2.24) is 15.5 Å². The molecule has 1 heterocycles. The average Bonchev–Trinajstić information content (AvgIpc) is 2.48. The van der Waals surface area contributed by atoms with Crippen LogP contribution in [0.15, 0.2) is 0 Å². The topological polar surface area (TPSA) is 81.7 Å². The third kappa shape index (κ3) is 3.23. The van der Waals surface area contributed by atoms with Crippen molar-refractivity contribution in [2.75, 3.05) is 20.1 Å². The predicted octanol–water partition coefficient (Wildman–Crippen LogP) is 1.17. The quantitative estimate of drug-likeness (QED) is 0.726. The summed E-state index contributed by atoms with van der Waals surface area (Å²) in [5.74, 6) is -0.899. The van der Waals surface area contributed by atoms with Crippen LogP contribution in [-0.2, 0) is 4.79 Å². The molecule has 1 saturated heterocycles. The van der Waals surface area contributed by atoms with E-state index >= 15 is 0 Å². The number of aliphatic carboxylic acids is 1. The zero-order chi connectivity index (χ0) is 14.6. The summed E-state index contributed by atoms with van der Waals surface area (Å²) in [6, 6.07) is -0.0492. The minimum absolute atomic E-state index is 0.200. The zero-order valence-corrected chi connectivity index (χ0v) is 12.2. The van der Waals surface area contributed by atoms with Gasteiger partial charge in [-0.05, 0) is 38.8 Å². The number of carbonyl (C=O) groups excluding carboxylic acids is 1.